The molecule has 0 fully saturated rings. The van der Waals surface area contributed by atoms with Gasteiger partial charge < -0.3 is 9.84 Å². The number of ether oxygens (including phenoxy) is 1. The van der Waals surface area contributed by atoms with Crippen molar-refractivity contribution in [2.75, 3.05) is 0 Å². The summed E-state index contributed by atoms with van der Waals surface area (Å²) in [5, 5.41) is 13.5. The van der Waals surface area contributed by atoms with Gasteiger partial charge in [-0.05, 0) is 56.9 Å². The largest absolute Gasteiger partial charge is 0.478 e. The Hall–Kier alpha value is -3.35. The fourth-order valence-corrected chi connectivity index (χ4v) is 3.01. The normalized spacial score (nSPS) is 11.4. The summed E-state index contributed by atoms with van der Waals surface area (Å²) in [6.07, 6.45) is 2.31. The Morgan fingerprint density at radius 1 is 1.07 bits per heavy atom. The second-order valence-corrected chi connectivity index (χ2v) is 7.94. The minimum Gasteiger partial charge on any atom is -0.478 e. The van der Waals surface area contributed by atoms with Crippen molar-refractivity contribution in [1.29, 1.82) is 0 Å². The molecule has 3 aromatic rings. The molecule has 2 N–H and O–H groups in total. The van der Waals surface area contributed by atoms with Crippen LogP contribution in [-0.4, -0.2) is 31.4 Å². The van der Waals surface area contributed by atoms with E-state index in [0.717, 1.165) is 24.0 Å². The highest BCUT2D eigenvalue weighted by molar-refractivity contribution is 5.76. The molecular weight excluding hydrogens is 386 g/mol. The molecule has 7 heteroatoms. The number of benzene rings is 2. The molecule has 0 aliphatic rings. The Balaban J connectivity index is 1.52. The minimum absolute atomic E-state index is 0.201. The van der Waals surface area contributed by atoms with Gasteiger partial charge in [-0.2, -0.15) is 5.10 Å². The zero-order valence-corrected chi connectivity index (χ0v) is 17.5. The van der Waals surface area contributed by atoms with E-state index in [-0.39, 0.29) is 5.69 Å². The number of nitrogens with one attached hydrogen (secondary N) is 1. The summed E-state index contributed by atoms with van der Waals surface area (Å²) in [4.78, 5) is 26.1. The number of aromatic nitrogens is 3. The number of carboxylic acids is 1. The van der Waals surface area contributed by atoms with Crippen LogP contribution in [0.4, 0.5) is 0 Å². The predicted octanol–water partition coefficient (Wildman–Crippen LogP) is 3.35. The van der Waals surface area contributed by atoms with Gasteiger partial charge in [0.15, 0.2) is 5.60 Å². The third kappa shape index (κ3) is 5.59. The lowest BCUT2D eigenvalue weighted by Gasteiger charge is -2.21. The first-order valence-electron chi connectivity index (χ1n) is 9.96. The number of nitrogens with zero attached hydrogens (tertiary/aromatic N) is 2. The number of rotatable bonds is 9. The van der Waals surface area contributed by atoms with Crippen LogP contribution in [-0.2, 0) is 24.2 Å². The van der Waals surface area contributed by atoms with Gasteiger partial charge in [0.25, 0.3) is 0 Å². The second kappa shape index (κ2) is 8.98. The fourth-order valence-electron chi connectivity index (χ4n) is 3.01. The van der Waals surface area contributed by atoms with Gasteiger partial charge in [-0.15, -0.1) is 0 Å². The van der Waals surface area contributed by atoms with Gasteiger partial charge in [-0.3, -0.25) is 4.98 Å². The zero-order valence-electron chi connectivity index (χ0n) is 17.5. The minimum atomic E-state index is -1.27. The summed E-state index contributed by atoms with van der Waals surface area (Å²) in [6.45, 7) is 5.51. The van der Waals surface area contributed by atoms with Crippen LogP contribution in [0.3, 0.4) is 0 Å². The standard InChI is InChI=1S/C23H27N3O4/c1-16-7-9-18(10-8-16)15-26-22(29)24-20(25-26)6-4-5-17-11-13-19(14-12-17)30-23(2,3)21(27)28/h7-14H,4-6,15H2,1-3H3,(H,27,28)(H,24,25,29)/i2+1,3+1,21+1,23+1. The van der Waals surface area contributed by atoms with Gasteiger partial charge >= 0.3 is 11.7 Å². The quantitative estimate of drug-likeness (QED) is 0.525. The SMILES string of the molecule is Cc1ccc(Cn2nc(CCCc3ccc(O[13C]([13CH3])([13CH3])[13C](=O)O)cc3)[nH]c2=O)cc1. The van der Waals surface area contributed by atoms with Gasteiger partial charge in [-0.1, -0.05) is 42.0 Å². The van der Waals surface area contributed by atoms with E-state index in [0.29, 0.717) is 24.5 Å². The molecule has 0 unspecified atom stereocenters. The van der Waals surface area contributed by atoms with E-state index in [1.54, 1.807) is 12.1 Å². The molecule has 30 heavy (non-hydrogen) atoms. The molecule has 2 aromatic carbocycles. The molecule has 1 heterocycles. The Morgan fingerprint density at radius 3 is 2.33 bits per heavy atom. The molecule has 0 saturated heterocycles. The third-order valence-corrected chi connectivity index (χ3v) is 4.87. The third-order valence-electron chi connectivity index (χ3n) is 4.87. The van der Waals surface area contributed by atoms with Crippen molar-refractivity contribution in [3.05, 3.63) is 81.5 Å². The van der Waals surface area contributed by atoms with Crippen molar-refractivity contribution < 1.29 is 14.6 Å². The first-order chi connectivity index (χ1) is 14.2. The lowest BCUT2D eigenvalue weighted by atomic mass is 10.1. The predicted molar refractivity (Wildman–Crippen MR) is 114 cm³/mol. The molecule has 0 aliphatic heterocycles. The lowest BCUT2D eigenvalue weighted by Crippen LogP contribution is -2.37. The summed E-state index contributed by atoms with van der Waals surface area (Å²) in [5.74, 6) is 0.183. The average Bonchev–Trinajstić information content (AvgIpc) is 3.04. The Morgan fingerprint density at radius 2 is 1.70 bits per heavy atom. The molecule has 3 rings (SSSR count). The van der Waals surface area contributed by atoms with Gasteiger partial charge in [0.1, 0.15) is 11.6 Å². The van der Waals surface area contributed by atoms with E-state index in [2.05, 4.69) is 10.1 Å². The van der Waals surface area contributed by atoms with Gasteiger partial charge in [0.05, 0.1) is 6.54 Å². The van der Waals surface area contributed by atoms with Gasteiger partial charge in [-0.25, -0.2) is 14.3 Å². The van der Waals surface area contributed by atoms with E-state index in [1.165, 1.54) is 24.1 Å². The maximum Gasteiger partial charge on any atom is 0.347 e. The highest BCUT2D eigenvalue weighted by atomic mass is 16.7. The number of aromatic amines is 1. The summed E-state index contributed by atoms with van der Waals surface area (Å²) < 4.78 is 6.97. The number of H-pyrrole nitrogens is 1. The van der Waals surface area contributed by atoms with Crippen LogP contribution >= 0.6 is 0 Å². The molecule has 0 radical (unpaired) electrons. The Bertz CT molecular complexity index is 1050. The number of hydrogen-bond acceptors (Lipinski definition) is 4. The Labute approximate surface area is 175 Å². The molecule has 1 aromatic heterocycles. The average molecular weight is 413 g/mol. The molecule has 158 valence electrons. The van der Waals surface area contributed by atoms with Crippen molar-refractivity contribution in [2.24, 2.45) is 0 Å². The van der Waals surface area contributed by atoms with E-state index in [4.69, 9.17) is 9.84 Å². The van der Waals surface area contributed by atoms with Crippen LogP contribution in [0, 0.1) is 6.92 Å². The van der Waals surface area contributed by atoms with Gasteiger partial charge in [0, 0.05) is 6.42 Å². The zero-order chi connectivity index (χ0) is 21.7. The summed E-state index contributed by atoms with van der Waals surface area (Å²) >= 11 is 0. The molecule has 0 atom stereocenters. The first-order valence-corrected chi connectivity index (χ1v) is 9.96. The fraction of sp³-hybridized carbons (Fsp3) is 0.348. The van der Waals surface area contributed by atoms with Crippen LogP contribution in [0.1, 0.15) is 42.8 Å². The molecule has 0 amide bonds. The lowest BCUT2D eigenvalue weighted by molar-refractivity contribution is -0.152. The van der Waals surface area contributed by atoms with E-state index in [9.17, 15) is 9.59 Å². The highest BCUT2D eigenvalue weighted by Crippen LogP contribution is 2.20. The number of aliphatic carboxylic acids is 1. The van der Waals surface area contributed by atoms with Crippen LogP contribution in [0.25, 0.3) is 0 Å². The number of hydrogen-bond donors (Lipinski definition) is 2. The molecule has 0 bridgehead atoms. The van der Waals surface area contributed by atoms with Gasteiger partial charge in [0.2, 0.25) is 0 Å². The number of aryl methyl sites for hydroxylation is 3. The maximum absolute atomic E-state index is 12.1. The molecule has 7 nitrogen and oxygen atoms in total. The number of carboxylic acid groups (broad SMARTS) is 1. The Kier molecular flexibility index (Phi) is 6.40. The number of carbonyl (C=O) groups is 1. The molecule has 0 saturated carbocycles. The molecule has 0 spiro atoms. The van der Waals surface area contributed by atoms with Crippen LogP contribution in [0.2, 0.25) is 0 Å². The second-order valence-electron chi connectivity index (χ2n) is 7.94. The summed E-state index contributed by atoms with van der Waals surface area (Å²) in [5.41, 5.74) is 1.85. The van der Waals surface area contributed by atoms with Crippen LogP contribution in [0.5, 0.6) is 5.75 Å². The van der Waals surface area contributed by atoms with E-state index in [1.807, 2.05) is 43.3 Å². The van der Waals surface area contributed by atoms with Crippen LogP contribution < -0.4 is 10.4 Å². The van der Waals surface area contributed by atoms with Crippen LogP contribution in [0.15, 0.2) is 53.3 Å². The van der Waals surface area contributed by atoms with Crippen molar-refractivity contribution in [1.82, 2.24) is 14.8 Å². The van der Waals surface area contributed by atoms with E-state index >= 15 is 0 Å². The topological polar surface area (TPSA) is 97.2 Å². The molecule has 0 aliphatic carbocycles. The summed E-state index contributed by atoms with van der Waals surface area (Å²) in [6, 6.07) is 15.4. The smallest absolute Gasteiger partial charge is 0.347 e. The maximum atomic E-state index is 12.1. The van der Waals surface area contributed by atoms with Crippen molar-refractivity contribution in [3.63, 3.8) is 0 Å². The first kappa shape index (κ1) is 21.4. The van der Waals surface area contributed by atoms with Crippen molar-refractivity contribution in [3.8, 4) is 5.75 Å². The molecular formula is C23H27N3O4. The van der Waals surface area contributed by atoms with Crippen molar-refractivity contribution >= 4 is 5.97 Å². The summed E-state index contributed by atoms with van der Waals surface area (Å²) in [7, 11) is 0. The van der Waals surface area contributed by atoms with E-state index < -0.39 is 11.6 Å². The van der Waals surface area contributed by atoms with Crippen molar-refractivity contribution in [2.45, 2.75) is 52.2 Å². The highest BCUT2D eigenvalue weighted by Gasteiger charge is 2.29. The monoisotopic (exact) mass is 413 g/mol.